The number of ether oxygens (including phenoxy) is 1. The van der Waals surface area contributed by atoms with Gasteiger partial charge in [-0.2, -0.15) is 0 Å². The molecule has 2 saturated carbocycles. The molecule has 5 rings (SSSR count). The standard InChI is InChI=1S/C21H24N6O4/c1-26-10-12(24-11-26)5-16-19(29)27(20(30)25-16)13-6-21(7-13)8-14(9-21)31-18-15(17(22)28)3-2-4-23-18/h2-4,10-11,13-14,16H,5-9H2,1H3,(H2,22,28)(H,25,30)/t13-,14-,16?,21?. The molecule has 31 heavy (non-hydrogen) atoms. The fourth-order valence-corrected chi connectivity index (χ4v) is 5.09. The summed E-state index contributed by atoms with van der Waals surface area (Å²) in [5, 5.41) is 2.79. The normalized spacial score (nSPS) is 29.5. The number of nitrogens with two attached hydrogens (primary N) is 1. The maximum absolute atomic E-state index is 12.8. The summed E-state index contributed by atoms with van der Waals surface area (Å²) in [6, 6.07) is 2.27. The monoisotopic (exact) mass is 424 g/mol. The van der Waals surface area contributed by atoms with E-state index in [0.29, 0.717) is 6.42 Å². The third-order valence-corrected chi connectivity index (χ3v) is 6.56. The lowest BCUT2D eigenvalue weighted by atomic mass is 9.52. The summed E-state index contributed by atoms with van der Waals surface area (Å²) >= 11 is 0. The Kier molecular flexibility index (Phi) is 4.45. The molecule has 2 aliphatic carbocycles. The second kappa shape index (κ2) is 7.07. The smallest absolute Gasteiger partial charge is 0.325 e. The minimum Gasteiger partial charge on any atom is -0.474 e. The number of carbonyl (C=O) groups excluding carboxylic acids is 3. The second-order valence-corrected chi connectivity index (χ2v) is 8.88. The van der Waals surface area contributed by atoms with Gasteiger partial charge in [0.25, 0.3) is 11.8 Å². The molecule has 3 N–H and O–H groups in total. The Hall–Kier alpha value is -3.43. The van der Waals surface area contributed by atoms with Crippen LogP contribution in [-0.2, 0) is 18.3 Å². The lowest BCUT2D eigenvalue weighted by molar-refractivity contribution is -0.140. The molecule has 4 amide bonds. The summed E-state index contributed by atoms with van der Waals surface area (Å²) in [6.07, 6.45) is 8.58. The van der Waals surface area contributed by atoms with E-state index in [2.05, 4.69) is 15.3 Å². The van der Waals surface area contributed by atoms with E-state index in [1.807, 2.05) is 17.8 Å². The van der Waals surface area contributed by atoms with Crippen LogP contribution in [0, 0.1) is 5.41 Å². The van der Waals surface area contributed by atoms with Gasteiger partial charge in [0.15, 0.2) is 0 Å². The summed E-state index contributed by atoms with van der Waals surface area (Å²) in [6.45, 7) is 0. The molecule has 0 aromatic carbocycles. The highest BCUT2D eigenvalue weighted by molar-refractivity contribution is 6.04. The molecule has 0 bridgehead atoms. The van der Waals surface area contributed by atoms with E-state index in [1.165, 1.54) is 4.90 Å². The van der Waals surface area contributed by atoms with Gasteiger partial charge in [0.1, 0.15) is 17.7 Å². The molecule has 10 heteroatoms. The Morgan fingerprint density at radius 1 is 1.29 bits per heavy atom. The number of hydrogen-bond donors (Lipinski definition) is 2. The largest absolute Gasteiger partial charge is 0.474 e. The lowest BCUT2D eigenvalue weighted by Crippen LogP contribution is -2.60. The van der Waals surface area contributed by atoms with Crippen LogP contribution in [0.2, 0.25) is 0 Å². The molecule has 3 fully saturated rings. The number of primary amides is 1. The van der Waals surface area contributed by atoms with Crippen LogP contribution in [0.1, 0.15) is 41.7 Å². The molecule has 1 unspecified atom stereocenters. The van der Waals surface area contributed by atoms with Crippen LogP contribution >= 0.6 is 0 Å². The van der Waals surface area contributed by atoms with Crippen LogP contribution in [-0.4, -0.2) is 55.5 Å². The number of aromatic nitrogens is 3. The van der Waals surface area contributed by atoms with Crippen LogP contribution in [0.15, 0.2) is 30.9 Å². The third kappa shape index (κ3) is 3.41. The first kappa shape index (κ1) is 19.5. The van der Waals surface area contributed by atoms with Gasteiger partial charge in [0.05, 0.1) is 12.0 Å². The molecule has 2 aromatic heterocycles. The maximum Gasteiger partial charge on any atom is 0.325 e. The zero-order valence-electron chi connectivity index (χ0n) is 17.2. The van der Waals surface area contributed by atoms with Crippen molar-refractivity contribution in [2.45, 2.75) is 50.3 Å². The summed E-state index contributed by atoms with van der Waals surface area (Å²) < 4.78 is 7.70. The van der Waals surface area contributed by atoms with Crippen molar-refractivity contribution in [3.8, 4) is 5.88 Å². The first-order valence-electron chi connectivity index (χ1n) is 10.4. The number of imide groups is 1. The van der Waals surface area contributed by atoms with Crippen LogP contribution in [0.4, 0.5) is 4.79 Å². The van der Waals surface area contributed by atoms with Gasteiger partial charge in [-0.15, -0.1) is 0 Å². The number of rotatable bonds is 6. The van der Waals surface area contributed by atoms with Crippen LogP contribution in [0.5, 0.6) is 5.88 Å². The number of pyridine rings is 1. The number of urea groups is 1. The Morgan fingerprint density at radius 3 is 2.74 bits per heavy atom. The van der Waals surface area contributed by atoms with Crippen molar-refractivity contribution < 1.29 is 19.1 Å². The third-order valence-electron chi connectivity index (χ3n) is 6.56. The molecule has 3 heterocycles. The van der Waals surface area contributed by atoms with Crippen molar-refractivity contribution in [3.63, 3.8) is 0 Å². The van der Waals surface area contributed by atoms with E-state index < -0.39 is 11.9 Å². The van der Waals surface area contributed by atoms with Crippen molar-refractivity contribution in [2.24, 2.45) is 18.2 Å². The van der Waals surface area contributed by atoms with Gasteiger partial charge in [-0.1, -0.05) is 0 Å². The number of nitrogens with one attached hydrogen (secondary N) is 1. The van der Waals surface area contributed by atoms with Gasteiger partial charge >= 0.3 is 6.03 Å². The van der Waals surface area contributed by atoms with Crippen molar-refractivity contribution in [3.05, 3.63) is 42.1 Å². The van der Waals surface area contributed by atoms with Gasteiger partial charge in [-0.25, -0.2) is 14.8 Å². The Labute approximate surface area is 178 Å². The molecular weight excluding hydrogens is 400 g/mol. The molecule has 1 aliphatic heterocycles. The van der Waals surface area contributed by atoms with Crippen molar-refractivity contribution in [1.82, 2.24) is 24.8 Å². The molecule has 0 radical (unpaired) electrons. The predicted octanol–water partition coefficient (Wildman–Crippen LogP) is 0.767. The van der Waals surface area contributed by atoms with Gasteiger partial charge in [-0.3, -0.25) is 14.5 Å². The summed E-state index contributed by atoms with van der Waals surface area (Å²) in [4.78, 5) is 46.5. The zero-order valence-corrected chi connectivity index (χ0v) is 17.2. The topological polar surface area (TPSA) is 132 Å². The highest BCUT2D eigenvalue weighted by Crippen LogP contribution is 2.58. The highest BCUT2D eigenvalue weighted by atomic mass is 16.5. The van der Waals surface area contributed by atoms with Crippen molar-refractivity contribution >= 4 is 17.8 Å². The maximum atomic E-state index is 12.8. The fraction of sp³-hybridized carbons (Fsp3) is 0.476. The van der Waals surface area contributed by atoms with Gasteiger partial charge in [0.2, 0.25) is 5.88 Å². The number of carbonyl (C=O) groups is 3. The van der Waals surface area contributed by atoms with E-state index in [9.17, 15) is 14.4 Å². The molecule has 10 nitrogen and oxygen atoms in total. The minimum atomic E-state index is -0.570. The SMILES string of the molecule is Cn1cnc(CC2NC(=O)N([C@H]3CC4(C[C@H](Oc5ncccc5C(N)=O)C4)C3)C2=O)c1. The summed E-state index contributed by atoms with van der Waals surface area (Å²) in [5.74, 6) is -0.487. The fourth-order valence-electron chi connectivity index (χ4n) is 5.09. The average Bonchev–Trinajstić information content (AvgIpc) is 3.19. The first-order chi connectivity index (χ1) is 14.8. The molecule has 3 aliphatic rings. The number of amides is 4. The van der Waals surface area contributed by atoms with Gasteiger partial charge in [0, 0.05) is 31.9 Å². The van der Waals surface area contributed by atoms with Crippen molar-refractivity contribution in [2.75, 3.05) is 0 Å². The quantitative estimate of drug-likeness (QED) is 0.658. The van der Waals surface area contributed by atoms with Gasteiger partial charge < -0.3 is 20.4 Å². The zero-order chi connectivity index (χ0) is 21.8. The van der Waals surface area contributed by atoms with Crippen LogP contribution in [0.25, 0.3) is 0 Å². The Balaban J connectivity index is 1.15. The molecule has 1 saturated heterocycles. The van der Waals surface area contributed by atoms with Crippen LogP contribution in [0.3, 0.4) is 0 Å². The molecular formula is C21H24N6O4. The Bertz CT molecular complexity index is 1050. The number of aryl methyl sites for hydroxylation is 1. The van der Waals surface area contributed by atoms with E-state index in [1.54, 1.807) is 24.7 Å². The van der Waals surface area contributed by atoms with E-state index >= 15 is 0 Å². The van der Waals surface area contributed by atoms with E-state index in [-0.39, 0.29) is 40.9 Å². The minimum absolute atomic E-state index is 0.0473. The Morgan fingerprint density at radius 2 is 2.06 bits per heavy atom. The summed E-state index contributed by atoms with van der Waals surface area (Å²) in [5.41, 5.74) is 6.50. The van der Waals surface area contributed by atoms with Crippen molar-refractivity contribution in [1.29, 1.82) is 0 Å². The molecule has 1 spiro atoms. The number of nitrogens with zero attached hydrogens (tertiary/aromatic N) is 4. The summed E-state index contributed by atoms with van der Waals surface area (Å²) in [7, 11) is 1.86. The molecule has 1 atom stereocenters. The van der Waals surface area contributed by atoms with Gasteiger partial charge in [-0.05, 0) is 43.2 Å². The lowest BCUT2D eigenvalue weighted by Gasteiger charge is -2.58. The average molecular weight is 424 g/mol. The highest BCUT2D eigenvalue weighted by Gasteiger charge is 2.58. The number of hydrogen-bond acceptors (Lipinski definition) is 6. The van der Waals surface area contributed by atoms with E-state index in [0.717, 1.165) is 31.4 Å². The second-order valence-electron chi connectivity index (χ2n) is 8.88. The van der Waals surface area contributed by atoms with Crippen LogP contribution < -0.4 is 15.8 Å². The van der Waals surface area contributed by atoms with E-state index in [4.69, 9.17) is 10.5 Å². The first-order valence-corrected chi connectivity index (χ1v) is 10.4. The molecule has 2 aromatic rings. The predicted molar refractivity (Wildman–Crippen MR) is 108 cm³/mol. The number of imidazole rings is 1. The molecule has 162 valence electrons.